The fourth-order valence-corrected chi connectivity index (χ4v) is 5.24. The minimum atomic E-state index is -2.70. The quantitative estimate of drug-likeness (QED) is 0.649. The molecule has 15 heavy (non-hydrogen) atoms. The Bertz CT molecular complexity index is 277. The van der Waals surface area contributed by atoms with E-state index in [1.165, 1.54) is 0 Å². The van der Waals surface area contributed by atoms with Gasteiger partial charge in [-0.2, -0.15) is 0 Å². The van der Waals surface area contributed by atoms with Gasteiger partial charge in [-0.15, -0.1) is 0 Å². The van der Waals surface area contributed by atoms with Gasteiger partial charge in [-0.3, -0.25) is 0 Å². The van der Waals surface area contributed by atoms with E-state index in [4.69, 9.17) is 17.4 Å². The molecule has 0 atom stereocenters. The van der Waals surface area contributed by atoms with Crippen LogP contribution in [0.25, 0.3) is 0 Å². The van der Waals surface area contributed by atoms with Crippen LogP contribution in [-0.4, -0.2) is 40.1 Å². The molecule has 0 aromatic heterocycles. The Balaban J connectivity index is 2.89. The standard InChI is InChI=1S/C9H16O4Si2/c1-10-14-13-15(11-2,12-3)9-7-5-4-6-8-9/h4-8H,14H2,1-3H3. The zero-order chi connectivity index (χ0) is 11.1. The number of rotatable bonds is 6. The van der Waals surface area contributed by atoms with Gasteiger partial charge >= 0.3 is 8.80 Å². The first-order valence-electron chi connectivity index (χ1n) is 4.58. The molecule has 0 saturated carbocycles. The third-order valence-corrected chi connectivity index (χ3v) is 6.37. The summed E-state index contributed by atoms with van der Waals surface area (Å²) in [6.45, 7) is 0. The lowest BCUT2D eigenvalue weighted by Crippen LogP contribution is -2.56. The Hall–Kier alpha value is -0.506. The van der Waals surface area contributed by atoms with E-state index >= 15 is 0 Å². The molecule has 0 bridgehead atoms. The van der Waals surface area contributed by atoms with Crippen LogP contribution >= 0.6 is 0 Å². The third-order valence-electron chi connectivity index (χ3n) is 2.03. The van der Waals surface area contributed by atoms with Gasteiger partial charge in [0.1, 0.15) is 0 Å². The zero-order valence-electron chi connectivity index (χ0n) is 9.23. The van der Waals surface area contributed by atoms with Crippen molar-refractivity contribution in [2.24, 2.45) is 0 Å². The topological polar surface area (TPSA) is 36.9 Å². The van der Waals surface area contributed by atoms with Gasteiger partial charge < -0.3 is 17.4 Å². The summed E-state index contributed by atoms with van der Waals surface area (Å²) in [6, 6.07) is 9.72. The summed E-state index contributed by atoms with van der Waals surface area (Å²) >= 11 is 0. The van der Waals surface area contributed by atoms with E-state index in [-0.39, 0.29) is 0 Å². The molecule has 1 rings (SSSR count). The van der Waals surface area contributed by atoms with Crippen molar-refractivity contribution < 1.29 is 17.4 Å². The molecule has 0 aliphatic carbocycles. The van der Waals surface area contributed by atoms with Crippen LogP contribution in [-0.2, 0) is 17.4 Å². The van der Waals surface area contributed by atoms with Crippen molar-refractivity contribution in [3.05, 3.63) is 30.3 Å². The first kappa shape index (κ1) is 12.6. The molecule has 4 nitrogen and oxygen atoms in total. The van der Waals surface area contributed by atoms with Crippen LogP contribution in [0.3, 0.4) is 0 Å². The molecule has 0 heterocycles. The second-order valence-corrected chi connectivity index (χ2v) is 7.36. The highest BCUT2D eigenvalue weighted by atomic mass is 28.4. The summed E-state index contributed by atoms with van der Waals surface area (Å²) in [5.41, 5.74) is 0. The van der Waals surface area contributed by atoms with Crippen LogP contribution in [0.1, 0.15) is 0 Å². The highest BCUT2D eigenvalue weighted by Gasteiger charge is 2.41. The molecule has 0 spiro atoms. The first-order valence-corrected chi connectivity index (χ1v) is 7.45. The van der Waals surface area contributed by atoms with Crippen molar-refractivity contribution in [3.8, 4) is 0 Å². The van der Waals surface area contributed by atoms with Crippen LogP contribution in [0.2, 0.25) is 0 Å². The van der Waals surface area contributed by atoms with Gasteiger partial charge in [-0.05, 0) is 0 Å². The minimum Gasteiger partial charge on any atom is -0.403 e. The maximum atomic E-state index is 5.67. The molecular formula is C9H16O4Si2. The lowest BCUT2D eigenvalue weighted by Gasteiger charge is -2.26. The third kappa shape index (κ3) is 2.97. The SMILES string of the molecule is CO[SiH2]O[Si](OC)(OC)c1ccccc1. The van der Waals surface area contributed by atoms with E-state index in [2.05, 4.69) is 0 Å². The molecule has 1 aromatic carbocycles. The van der Waals surface area contributed by atoms with Gasteiger partial charge in [0.05, 0.1) is 0 Å². The molecule has 0 amide bonds. The summed E-state index contributed by atoms with van der Waals surface area (Å²) in [5, 5.41) is 0.958. The molecule has 0 aliphatic heterocycles. The number of hydrogen-bond donors (Lipinski definition) is 0. The van der Waals surface area contributed by atoms with E-state index in [9.17, 15) is 0 Å². The zero-order valence-corrected chi connectivity index (χ0v) is 11.6. The Kier molecular flexibility index (Phi) is 5.16. The lowest BCUT2D eigenvalue weighted by molar-refractivity contribution is 0.167. The van der Waals surface area contributed by atoms with Crippen LogP contribution in [0.5, 0.6) is 0 Å². The maximum Gasteiger partial charge on any atom is 0.527 e. The molecule has 0 radical (unpaired) electrons. The smallest absolute Gasteiger partial charge is 0.403 e. The van der Waals surface area contributed by atoms with Gasteiger partial charge in [0, 0.05) is 26.5 Å². The van der Waals surface area contributed by atoms with Gasteiger partial charge in [0.25, 0.3) is 10.0 Å². The fraction of sp³-hybridized carbons (Fsp3) is 0.333. The summed E-state index contributed by atoms with van der Waals surface area (Å²) < 4.78 is 21.5. The first-order chi connectivity index (χ1) is 7.29. The fourth-order valence-electron chi connectivity index (χ4n) is 1.30. The second-order valence-electron chi connectivity index (χ2n) is 2.88. The summed E-state index contributed by atoms with van der Waals surface area (Å²) in [6.07, 6.45) is 0. The van der Waals surface area contributed by atoms with Crippen LogP contribution < -0.4 is 5.19 Å². The number of benzene rings is 1. The van der Waals surface area contributed by atoms with Gasteiger partial charge in [-0.25, -0.2) is 0 Å². The molecule has 0 N–H and O–H groups in total. The molecule has 6 heteroatoms. The predicted molar refractivity (Wildman–Crippen MR) is 62.5 cm³/mol. The average molecular weight is 244 g/mol. The van der Waals surface area contributed by atoms with E-state index in [1.54, 1.807) is 21.3 Å². The highest BCUT2D eigenvalue weighted by molar-refractivity contribution is 6.78. The van der Waals surface area contributed by atoms with E-state index in [1.807, 2.05) is 30.3 Å². The van der Waals surface area contributed by atoms with Crippen molar-refractivity contribution in [3.63, 3.8) is 0 Å². The molecule has 0 aliphatic rings. The largest absolute Gasteiger partial charge is 0.527 e. The Morgan fingerprint density at radius 1 is 1.00 bits per heavy atom. The average Bonchev–Trinajstić information content (AvgIpc) is 2.33. The van der Waals surface area contributed by atoms with Crippen molar-refractivity contribution in [2.45, 2.75) is 0 Å². The predicted octanol–water partition coefficient (Wildman–Crippen LogP) is -0.213. The Morgan fingerprint density at radius 3 is 2.07 bits per heavy atom. The highest BCUT2D eigenvalue weighted by Crippen LogP contribution is 2.07. The van der Waals surface area contributed by atoms with E-state index in [0.29, 0.717) is 0 Å². The van der Waals surface area contributed by atoms with E-state index < -0.39 is 18.8 Å². The van der Waals surface area contributed by atoms with Crippen LogP contribution in [0.4, 0.5) is 0 Å². The molecule has 0 fully saturated rings. The second kappa shape index (κ2) is 6.16. The summed E-state index contributed by atoms with van der Waals surface area (Å²) in [4.78, 5) is 0. The van der Waals surface area contributed by atoms with Crippen LogP contribution in [0.15, 0.2) is 30.3 Å². The molecule has 0 saturated heterocycles. The summed E-state index contributed by atoms with van der Waals surface area (Å²) in [7, 11) is 1.09. The minimum absolute atomic E-state index is 0.958. The van der Waals surface area contributed by atoms with Crippen molar-refractivity contribution in [1.29, 1.82) is 0 Å². The normalized spacial score (nSPS) is 12.5. The monoisotopic (exact) mass is 244 g/mol. The lowest BCUT2D eigenvalue weighted by atomic mass is 10.4. The number of hydrogen-bond acceptors (Lipinski definition) is 4. The van der Waals surface area contributed by atoms with Gasteiger partial charge in [-0.1, -0.05) is 30.3 Å². The molecule has 1 aromatic rings. The Morgan fingerprint density at radius 2 is 1.60 bits per heavy atom. The maximum absolute atomic E-state index is 5.67. The van der Waals surface area contributed by atoms with E-state index in [0.717, 1.165) is 5.19 Å². The summed E-state index contributed by atoms with van der Waals surface area (Å²) in [5.74, 6) is 0. The van der Waals surface area contributed by atoms with Crippen molar-refractivity contribution in [2.75, 3.05) is 21.3 Å². The Labute approximate surface area is 93.6 Å². The van der Waals surface area contributed by atoms with Gasteiger partial charge in [0.15, 0.2) is 0 Å². The molecule has 0 unspecified atom stereocenters. The molecule has 84 valence electrons. The van der Waals surface area contributed by atoms with Crippen molar-refractivity contribution >= 4 is 24.0 Å². The van der Waals surface area contributed by atoms with Crippen LogP contribution in [0, 0.1) is 0 Å². The van der Waals surface area contributed by atoms with Crippen molar-refractivity contribution in [1.82, 2.24) is 0 Å². The molecular weight excluding hydrogens is 228 g/mol. The van der Waals surface area contributed by atoms with Gasteiger partial charge in [0.2, 0.25) is 0 Å².